The lowest BCUT2D eigenvalue weighted by molar-refractivity contribution is -0.137. The SMILES string of the molecule is CC(CCC(=O)O)NC(=O)c1ccc2nncn2c1. The normalized spacial score (nSPS) is 12.3. The fourth-order valence-corrected chi connectivity index (χ4v) is 1.68. The second kappa shape index (κ2) is 5.47. The van der Waals surface area contributed by atoms with Crippen LogP contribution in [0.2, 0.25) is 0 Å². The van der Waals surface area contributed by atoms with E-state index in [1.807, 2.05) is 0 Å². The third-order valence-corrected chi connectivity index (χ3v) is 2.72. The molecule has 7 nitrogen and oxygen atoms in total. The first-order valence-corrected chi connectivity index (χ1v) is 5.88. The number of carboxylic acids is 1. The van der Waals surface area contributed by atoms with Crippen molar-refractivity contribution in [1.29, 1.82) is 0 Å². The number of nitrogens with zero attached hydrogens (tertiary/aromatic N) is 3. The molecular weight excluding hydrogens is 248 g/mol. The van der Waals surface area contributed by atoms with Gasteiger partial charge >= 0.3 is 5.97 Å². The number of carbonyl (C=O) groups is 2. The number of pyridine rings is 1. The molecule has 0 spiro atoms. The summed E-state index contributed by atoms with van der Waals surface area (Å²) in [6, 6.07) is 3.16. The molecule has 0 fully saturated rings. The molecule has 0 aliphatic heterocycles. The van der Waals surface area contributed by atoms with Crippen molar-refractivity contribution in [2.24, 2.45) is 0 Å². The Bertz CT molecular complexity index is 608. The number of aromatic nitrogens is 3. The summed E-state index contributed by atoms with van der Waals surface area (Å²) >= 11 is 0. The molecule has 0 saturated heterocycles. The van der Waals surface area contributed by atoms with E-state index >= 15 is 0 Å². The van der Waals surface area contributed by atoms with E-state index in [0.717, 1.165) is 0 Å². The average molecular weight is 262 g/mol. The number of carbonyl (C=O) groups excluding carboxylic acids is 1. The fourth-order valence-electron chi connectivity index (χ4n) is 1.68. The van der Waals surface area contributed by atoms with Crippen molar-refractivity contribution in [3.05, 3.63) is 30.2 Å². The van der Waals surface area contributed by atoms with E-state index in [0.29, 0.717) is 17.6 Å². The largest absolute Gasteiger partial charge is 0.481 e. The highest BCUT2D eigenvalue weighted by molar-refractivity contribution is 5.94. The molecule has 2 aromatic heterocycles. The topological polar surface area (TPSA) is 96.6 Å². The summed E-state index contributed by atoms with van der Waals surface area (Å²) in [4.78, 5) is 22.4. The molecule has 0 radical (unpaired) electrons. The number of amides is 1. The maximum atomic E-state index is 12.0. The Morgan fingerprint density at radius 2 is 2.26 bits per heavy atom. The molecular formula is C12H14N4O3. The summed E-state index contributed by atoms with van der Waals surface area (Å²) < 4.78 is 1.65. The number of hydrogen-bond acceptors (Lipinski definition) is 4. The van der Waals surface area contributed by atoms with Gasteiger partial charge in [0, 0.05) is 18.7 Å². The third kappa shape index (κ3) is 3.27. The van der Waals surface area contributed by atoms with E-state index in [1.165, 1.54) is 6.33 Å². The summed E-state index contributed by atoms with van der Waals surface area (Å²) in [5.41, 5.74) is 1.14. The number of nitrogens with one attached hydrogen (secondary N) is 1. The molecule has 0 aliphatic carbocycles. The minimum Gasteiger partial charge on any atom is -0.481 e. The number of hydrogen-bond donors (Lipinski definition) is 2. The number of fused-ring (bicyclic) bond motifs is 1. The Balaban J connectivity index is 2.00. The Morgan fingerprint density at radius 1 is 1.47 bits per heavy atom. The standard InChI is InChI=1S/C12H14N4O3/c1-8(2-5-11(17)18)14-12(19)9-3-4-10-15-13-7-16(10)6-9/h3-4,6-8H,2,5H2,1H3,(H,14,19)(H,17,18). The van der Waals surface area contributed by atoms with Crippen molar-refractivity contribution in [2.75, 3.05) is 0 Å². The third-order valence-electron chi connectivity index (χ3n) is 2.72. The summed E-state index contributed by atoms with van der Waals surface area (Å²) in [5.74, 6) is -1.11. The predicted molar refractivity (Wildman–Crippen MR) is 66.8 cm³/mol. The van der Waals surface area contributed by atoms with Gasteiger partial charge in [0.25, 0.3) is 5.91 Å². The van der Waals surface area contributed by atoms with Crippen LogP contribution in [0, 0.1) is 0 Å². The summed E-state index contributed by atoms with van der Waals surface area (Å²) in [6.07, 6.45) is 3.58. The monoisotopic (exact) mass is 262 g/mol. The van der Waals surface area contributed by atoms with Crippen molar-refractivity contribution >= 4 is 17.5 Å². The Hall–Kier alpha value is -2.44. The van der Waals surface area contributed by atoms with Gasteiger partial charge in [0.1, 0.15) is 6.33 Å². The van der Waals surface area contributed by atoms with E-state index in [1.54, 1.807) is 29.7 Å². The Labute approximate surface area is 109 Å². The number of carboxylic acid groups (broad SMARTS) is 1. The molecule has 0 aliphatic rings. The molecule has 0 saturated carbocycles. The van der Waals surface area contributed by atoms with Crippen LogP contribution < -0.4 is 5.32 Å². The van der Waals surface area contributed by atoms with Gasteiger partial charge in [-0.3, -0.25) is 14.0 Å². The van der Waals surface area contributed by atoms with Crippen LogP contribution in [0.15, 0.2) is 24.7 Å². The van der Waals surface area contributed by atoms with Gasteiger partial charge in [0.2, 0.25) is 0 Å². The quantitative estimate of drug-likeness (QED) is 0.827. The lowest BCUT2D eigenvalue weighted by Crippen LogP contribution is -2.33. The van der Waals surface area contributed by atoms with E-state index in [2.05, 4.69) is 15.5 Å². The smallest absolute Gasteiger partial charge is 0.303 e. The molecule has 19 heavy (non-hydrogen) atoms. The highest BCUT2D eigenvalue weighted by atomic mass is 16.4. The van der Waals surface area contributed by atoms with Gasteiger partial charge in [0.15, 0.2) is 5.65 Å². The van der Waals surface area contributed by atoms with E-state index in [9.17, 15) is 9.59 Å². The van der Waals surface area contributed by atoms with Gasteiger partial charge in [-0.1, -0.05) is 0 Å². The molecule has 0 aromatic carbocycles. The van der Waals surface area contributed by atoms with Crippen LogP contribution in [0.4, 0.5) is 0 Å². The summed E-state index contributed by atoms with van der Waals surface area (Å²) in [6.45, 7) is 1.78. The molecule has 2 heterocycles. The van der Waals surface area contributed by atoms with E-state index in [4.69, 9.17) is 5.11 Å². The van der Waals surface area contributed by atoms with E-state index < -0.39 is 5.97 Å². The molecule has 100 valence electrons. The van der Waals surface area contributed by atoms with Crippen LogP contribution in [0.5, 0.6) is 0 Å². The highest BCUT2D eigenvalue weighted by Gasteiger charge is 2.11. The molecule has 1 unspecified atom stereocenters. The van der Waals surface area contributed by atoms with Crippen LogP contribution in [0.25, 0.3) is 5.65 Å². The number of aliphatic carboxylic acids is 1. The van der Waals surface area contributed by atoms with Crippen LogP contribution >= 0.6 is 0 Å². The van der Waals surface area contributed by atoms with Crippen LogP contribution in [0.1, 0.15) is 30.1 Å². The fraction of sp³-hybridized carbons (Fsp3) is 0.333. The summed E-state index contributed by atoms with van der Waals surface area (Å²) in [7, 11) is 0. The highest BCUT2D eigenvalue weighted by Crippen LogP contribution is 2.05. The van der Waals surface area contributed by atoms with Crippen LogP contribution in [-0.4, -0.2) is 37.6 Å². The molecule has 0 bridgehead atoms. The van der Waals surface area contributed by atoms with Crippen molar-refractivity contribution in [3.63, 3.8) is 0 Å². The molecule has 2 aromatic rings. The lowest BCUT2D eigenvalue weighted by Gasteiger charge is -2.12. The minimum atomic E-state index is -0.869. The minimum absolute atomic E-state index is 0.0337. The van der Waals surface area contributed by atoms with Gasteiger partial charge < -0.3 is 10.4 Å². The van der Waals surface area contributed by atoms with Crippen molar-refractivity contribution in [2.45, 2.75) is 25.8 Å². The molecule has 2 N–H and O–H groups in total. The van der Waals surface area contributed by atoms with Gasteiger partial charge in [-0.25, -0.2) is 0 Å². The predicted octanol–water partition coefficient (Wildman–Crippen LogP) is 0.712. The Morgan fingerprint density at radius 3 is 3.00 bits per heavy atom. The second-order valence-electron chi connectivity index (χ2n) is 4.32. The first kappa shape index (κ1) is 13.0. The zero-order chi connectivity index (χ0) is 13.8. The first-order chi connectivity index (χ1) is 9.06. The summed E-state index contributed by atoms with van der Waals surface area (Å²) in [5, 5.41) is 18.9. The van der Waals surface area contributed by atoms with Gasteiger partial charge in [-0.05, 0) is 25.5 Å². The molecule has 1 amide bonds. The molecule has 1 atom stereocenters. The van der Waals surface area contributed by atoms with Gasteiger partial charge in [-0.2, -0.15) is 0 Å². The van der Waals surface area contributed by atoms with Crippen LogP contribution in [-0.2, 0) is 4.79 Å². The molecule has 2 rings (SSSR count). The zero-order valence-electron chi connectivity index (χ0n) is 10.4. The van der Waals surface area contributed by atoms with Gasteiger partial charge in [-0.15, -0.1) is 10.2 Å². The zero-order valence-corrected chi connectivity index (χ0v) is 10.4. The maximum absolute atomic E-state index is 12.0. The Kier molecular flexibility index (Phi) is 3.74. The maximum Gasteiger partial charge on any atom is 0.303 e. The first-order valence-electron chi connectivity index (χ1n) is 5.88. The van der Waals surface area contributed by atoms with E-state index in [-0.39, 0.29) is 18.4 Å². The van der Waals surface area contributed by atoms with Crippen LogP contribution in [0.3, 0.4) is 0 Å². The van der Waals surface area contributed by atoms with Gasteiger partial charge in [0.05, 0.1) is 5.56 Å². The molecule has 7 heteroatoms. The number of rotatable bonds is 5. The second-order valence-corrected chi connectivity index (χ2v) is 4.32. The van der Waals surface area contributed by atoms with Crippen molar-refractivity contribution in [1.82, 2.24) is 19.9 Å². The van der Waals surface area contributed by atoms with Crippen molar-refractivity contribution in [3.8, 4) is 0 Å². The van der Waals surface area contributed by atoms with Crippen molar-refractivity contribution < 1.29 is 14.7 Å². The average Bonchev–Trinajstić information content (AvgIpc) is 2.83. The lowest BCUT2D eigenvalue weighted by atomic mass is 10.1.